The second-order valence-electron chi connectivity index (χ2n) is 6.49. The standard InChI is InChI=1S/C17H22F2N2O2.ClH/c18-17(19)23-13-5-1-11(2-6-13)3-8-16(22)21-9-12-4-7-15(20)14(12)10-21;/h1-2,5-6,12,14-15,17H,3-4,7-10,20H2;1H. The average Bonchev–Trinajstić information content (AvgIpc) is 3.08. The highest BCUT2D eigenvalue weighted by Gasteiger charge is 2.42. The molecular formula is C17H23ClF2N2O2. The Kier molecular flexibility index (Phi) is 6.40. The second kappa shape index (κ2) is 8.12. The third kappa shape index (κ3) is 4.36. The van der Waals surface area contributed by atoms with E-state index in [1.165, 1.54) is 12.1 Å². The maximum absolute atomic E-state index is 12.3. The summed E-state index contributed by atoms with van der Waals surface area (Å²) >= 11 is 0. The molecule has 1 heterocycles. The highest BCUT2D eigenvalue weighted by Crippen LogP contribution is 2.37. The van der Waals surface area contributed by atoms with Gasteiger partial charge < -0.3 is 15.4 Å². The number of benzene rings is 1. The molecule has 1 aromatic carbocycles. The van der Waals surface area contributed by atoms with E-state index in [-0.39, 0.29) is 30.1 Å². The van der Waals surface area contributed by atoms with E-state index < -0.39 is 6.61 Å². The molecule has 0 radical (unpaired) electrons. The van der Waals surface area contributed by atoms with Crippen molar-refractivity contribution >= 4 is 18.3 Å². The van der Waals surface area contributed by atoms with Gasteiger partial charge in [0.25, 0.3) is 0 Å². The smallest absolute Gasteiger partial charge is 0.387 e. The number of nitrogens with two attached hydrogens (primary N) is 1. The molecule has 0 spiro atoms. The Labute approximate surface area is 146 Å². The van der Waals surface area contributed by atoms with E-state index >= 15 is 0 Å². The summed E-state index contributed by atoms with van der Waals surface area (Å²) in [6, 6.07) is 6.69. The molecular weight excluding hydrogens is 338 g/mol. The molecule has 1 saturated carbocycles. The molecule has 1 aromatic rings. The van der Waals surface area contributed by atoms with E-state index in [1.807, 2.05) is 4.90 Å². The van der Waals surface area contributed by atoms with Crippen LogP contribution in [0.25, 0.3) is 0 Å². The van der Waals surface area contributed by atoms with E-state index in [2.05, 4.69) is 4.74 Å². The number of fused-ring (bicyclic) bond motifs is 1. The van der Waals surface area contributed by atoms with Crippen LogP contribution in [-0.2, 0) is 11.2 Å². The minimum atomic E-state index is -2.82. The van der Waals surface area contributed by atoms with Crippen LogP contribution in [0.1, 0.15) is 24.8 Å². The molecule has 2 fully saturated rings. The topological polar surface area (TPSA) is 55.6 Å². The molecule has 7 heteroatoms. The fourth-order valence-electron chi connectivity index (χ4n) is 3.76. The van der Waals surface area contributed by atoms with Crippen LogP contribution in [0.2, 0.25) is 0 Å². The third-order valence-electron chi connectivity index (χ3n) is 5.04. The molecule has 24 heavy (non-hydrogen) atoms. The lowest BCUT2D eigenvalue weighted by Gasteiger charge is -2.18. The number of halogens is 3. The fourth-order valence-corrected chi connectivity index (χ4v) is 3.76. The first kappa shape index (κ1) is 18.9. The monoisotopic (exact) mass is 360 g/mol. The highest BCUT2D eigenvalue weighted by atomic mass is 35.5. The lowest BCUT2D eigenvalue weighted by atomic mass is 9.98. The molecule has 134 valence electrons. The summed E-state index contributed by atoms with van der Waals surface area (Å²) in [6.07, 6.45) is 3.24. The number of rotatable bonds is 5. The van der Waals surface area contributed by atoms with Gasteiger partial charge in [-0.3, -0.25) is 4.79 Å². The lowest BCUT2D eigenvalue weighted by molar-refractivity contribution is -0.130. The van der Waals surface area contributed by atoms with Crippen molar-refractivity contribution in [2.45, 2.75) is 38.3 Å². The van der Waals surface area contributed by atoms with Gasteiger partial charge in [0, 0.05) is 25.6 Å². The molecule has 3 rings (SSSR count). The van der Waals surface area contributed by atoms with Crippen molar-refractivity contribution in [1.29, 1.82) is 0 Å². The maximum atomic E-state index is 12.3. The van der Waals surface area contributed by atoms with Crippen LogP contribution in [0.15, 0.2) is 24.3 Å². The van der Waals surface area contributed by atoms with E-state index in [0.717, 1.165) is 31.5 Å². The molecule has 0 bridgehead atoms. The third-order valence-corrected chi connectivity index (χ3v) is 5.04. The quantitative estimate of drug-likeness (QED) is 0.878. The van der Waals surface area contributed by atoms with Gasteiger partial charge in [-0.2, -0.15) is 8.78 Å². The summed E-state index contributed by atoms with van der Waals surface area (Å²) in [5.41, 5.74) is 7.03. The highest BCUT2D eigenvalue weighted by molar-refractivity contribution is 5.85. The van der Waals surface area contributed by atoms with Gasteiger partial charge >= 0.3 is 6.61 Å². The first-order valence-corrected chi connectivity index (χ1v) is 8.10. The van der Waals surface area contributed by atoms with E-state index in [4.69, 9.17) is 5.73 Å². The number of aryl methyl sites for hydroxylation is 1. The molecule has 0 aromatic heterocycles. The number of alkyl halides is 2. The number of hydrogen-bond donors (Lipinski definition) is 1. The van der Waals surface area contributed by atoms with E-state index in [9.17, 15) is 13.6 Å². The largest absolute Gasteiger partial charge is 0.435 e. The molecule has 2 aliphatic rings. The zero-order valence-electron chi connectivity index (χ0n) is 13.4. The summed E-state index contributed by atoms with van der Waals surface area (Å²) in [5, 5.41) is 0. The van der Waals surface area contributed by atoms with Gasteiger partial charge in [0.15, 0.2) is 0 Å². The van der Waals surface area contributed by atoms with Crippen molar-refractivity contribution in [3.05, 3.63) is 29.8 Å². The van der Waals surface area contributed by atoms with Crippen LogP contribution in [-0.4, -0.2) is 36.5 Å². The molecule has 4 nitrogen and oxygen atoms in total. The van der Waals surface area contributed by atoms with Crippen LogP contribution in [0, 0.1) is 11.8 Å². The summed E-state index contributed by atoms with van der Waals surface area (Å²) in [7, 11) is 0. The van der Waals surface area contributed by atoms with Crippen LogP contribution >= 0.6 is 12.4 Å². The van der Waals surface area contributed by atoms with Crippen molar-refractivity contribution in [3.8, 4) is 5.75 Å². The van der Waals surface area contributed by atoms with E-state index in [0.29, 0.717) is 24.7 Å². The predicted molar refractivity (Wildman–Crippen MR) is 89.4 cm³/mol. The van der Waals surface area contributed by atoms with Crippen molar-refractivity contribution in [1.82, 2.24) is 4.90 Å². The number of carbonyl (C=O) groups is 1. The number of likely N-dealkylation sites (tertiary alicyclic amines) is 1. The Morgan fingerprint density at radius 2 is 1.96 bits per heavy atom. The van der Waals surface area contributed by atoms with Crippen molar-refractivity contribution in [2.24, 2.45) is 17.6 Å². The number of hydrogen-bond acceptors (Lipinski definition) is 3. The number of carbonyl (C=O) groups excluding carboxylic acids is 1. The Morgan fingerprint density at radius 3 is 2.58 bits per heavy atom. The van der Waals surface area contributed by atoms with Gasteiger partial charge in [-0.1, -0.05) is 12.1 Å². The summed E-state index contributed by atoms with van der Waals surface area (Å²) in [5.74, 6) is 1.32. The SMILES string of the molecule is Cl.NC1CCC2CN(C(=O)CCc3ccc(OC(F)F)cc3)CC12. The second-order valence-corrected chi connectivity index (χ2v) is 6.49. The van der Waals surface area contributed by atoms with Crippen molar-refractivity contribution in [2.75, 3.05) is 13.1 Å². The summed E-state index contributed by atoms with van der Waals surface area (Å²) in [6.45, 7) is -1.20. The van der Waals surface area contributed by atoms with Gasteiger partial charge in [0.1, 0.15) is 5.75 Å². The van der Waals surface area contributed by atoms with Crippen molar-refractivity contribution < 1.29 is 18.3 Å². The molecule has 3 unspecified atom stereocenters. The van der Waals surface area contributed by atoms with Crippen LogP contribution in [0.3, 0.4) is 0 Å². The molecule has 1 aliphatic carbocycles. The zero-order chi connectivity index (χ0) is 16.4. The van der Waals surface area contributed by atoms with Gasteiger partial charge in [0.2, 0.25) is 5.91 Å². The summed E-state index contributed by atoms with van der Waals surface area (Å²) in [4.78, 5) is 14.3. The van der Waals surface area contributed by atoms with Crippen molar-refractivity contribution in [3.63, 3.8) is 0 Å². The van der Waals surface area contributed by atoms with Gasteiger partial charge in [0.05, 0.1) is 0 Å². The molecule has 1 saturated heterocycles. The first-order chi connectivity index (χ1) is 11.0. The zero-order valence-corrected chi connectivity index (χ0v) is 14.2. The minimum Gasteiger partial charge on any atom is -0.435 e. The Bertz CT molecular complexity index is 556. The Balaban J connectivity index is 0.00000208. The normalized spacial score (nSPS) is 25.5. The van der Waals surface area contributed by atoms with Crippen LogP contribution in [0.5, 0.6) is 5.75 Å². The number of amides is 1. The molecule has 3 atom stereocenters. The minimum absolute atomic E-state index is 0. The Morgan fingerprint density at radius 1 is 1.25 bits per heavy atom. The molecule has 2 N–H and O–H groups in total. The van der Waals surface area contributed by atoms with Gasteiger partial charge in [-0.25, -0.2) is 0 Å². The number of nitrogens with zero attached hydrogens (tertiary/aromatic N) is 1. The molecule has 1 aliphatic heterocycles. The van der Waals surface area contributed by atoms with Gasteiger partial charge in [-0.15, -0.1) is 12.4 Å². The van der Waals surface area contributed by atoms with E-state index in [1.54, 1.807) is 12.1 Å². The lowest BCUT2D eigenvalue weighted by Crippen LogP contribution is -2.33. The molecule has 1 amide bonds. The maximum Gasteiger partial charge on any atom is 0.387 e. The Hall–Kier alpha value is -1.40. The van der Waals surface area contributed by atoms with Crippen LogP contribution < -0.4 is 10.5 Å². The van der Waals surface area contributed by atoms with Crippen LogP contribution in [0.4, 0.5) is 8.78 Å². The summed E-state index contributed by atoms with van der Waals surface area (Å²) < 4.78 is 28.5. The predicted octanol–water partition coefficient (Wildman–Crippen LogP) is 2.84. The first-order valence-electron chi connectivity index (χ1n) is 8.10. The fraction of sp³-hybridized carbons (Fsp3) is 0.588. The van der Waals surface area contributed by atoms with Gasteiger partial charge in [-0.05, 0) is 48.8 Å². The average molecular weight is 361 g/mol. The number of ether oxygens (including phenoxy) is 1.